The lowest BCUT2D eigenvalue weighted by Crippen LogP contribution is -2.44. The first kappa shape index (κ1) is 19.9. The zero-order valence-electron chi connectivity index (χ0n) is 16.9. The van der Waals surface area contributed by atoms with Gasteiger partial charge < -0.3 is 24.3 Å². The minimum absolute atomic E-state index is 0.195. The Kier molecular flexibility index (Phi) is 5.68. The Labute approximate surface area is 165 Å². The monoisotopic (exact) mass is 385 g/mol. The first-order valence-electron chi connectivity index (χ1n) is 9.29. The van der Waals surface area contributed by atoms with Crippen LogP contribution in [0, 0.1) is 0 Å². The highest BCUT2D eigenvalue weighted by molar-refractivity contribution is 5.81. The van der Waals surface area contributed by atoms with E-state index < -0.39 is 11.7 Å². The Hall–Kier alpha value is -2.89. The fraction of sp³-hybridized carbons (Fsp3) is 0.409. The molecular weight excluding hydrogens is 358 g/mol. The van der Waals surface area contributed by atoms with Crippen molar-refractivity contribution in [2.24, 2.45) is 0 Å². The maximum Gasteiger partial charge on any atom is 0.261 e. The van der Waals surface area contributed by atoms with Crippen molar-refractivity contribution in [3.05, 3.63) is 48.0 Å². The average molecular weight is 385 g/mol. The summed E-state index contributed by atoms with van der Waals surface area (Å²) in [4.78, 5) is 12.8. The molecule has 3 rings (SSSR count). The van der Waals surface area contributed by atoms with Gasteiger partial charge in [-0.15, -0.1) is 0 Å². The van der Waals surface area contributed by atoms with Gasteiger partial charge in [0, 0.05) is 18.1 Å². The summed E-state index contributed by atoms with van der Waals surface area (Å²) in [6, 6.07) is 12.6. The second-order valence-corrected chi connectivity index (χ2v) is 7.47. The number of ether oxygens (including phenoxy) is 4. The number of hydrogen-bond donors (Lipinski definition) is 1. The molecule has 1 aliphatic rings. The Morgan fingerprint density at radius 1 is 1.11 bits per heavy atom. The molecule has 1 heterocycles. The van der Waals surface area contributed by atoms with E-state index in [1.165, 1.54) is 0 Å². The van der Waals surface area contributed by atoms with Gasteiger partial charge >= 0.3 is 0 Å². The summed E-state index contributed by atoms with van der Waals surface area (Å²) >= 11 is 0. The lowest BCUT2D eigenvalue weighted by molar-refractivity contribution is -0.128. The molecule has 0 spiro atoms. The van der Waals surface area contributed by atoms with Crippen molar-refractivity contribution in [2.75, 3.05) is 14.2 Å². The van der Waals surface area contributed by atoms with Crippen molar-refractivity contribution in [1.82, 2.24) is 5.32 Å². The Bertz CT molecular complexity index is 849. The number of amides is 1. The standard InChI is InChI=1S/C22H27NO5/c1-14(27-17-8-6-7-15(11-17)25-4)21(24)23-19-13-22(2,3)28-20-10-9-16(26-5)12-18(19)20/h6-12,14,19H,13H2,1-5H3,(H,23,24)/t14-,19-/m1/s1. The first-order chi connectivity index (χ1) is 13.3. The van der Waals surface area contributed by atoms with Gasteiger partial charge in [-0.05, 0) is 51.1 Å². The van der Waals surface area contributed by atoms with E-state index in [2.05, 4.69) is 5.32 Å². The van der Waals surface area contributed by atoms with Gasteiger partial charge in [0.2, 0.25) is 0 Å². The summed E-state index contributed by atoms with van der Waals surface area (Å²) in [5, 5.41) is 3.10. The van der Waals surface area contributed by atoms with E-state index in [-0.39, 0.29) is 11.9 Å². The Balaban J connectivity index is 1.75. The molecule has 0 aromatic heterocycles. The SMILES string of the molecule is COc1cccc(O[C@H](C)C(=O)N[C@@H]2CC(C)(C)Oc3ccc(OC)cc32)c1. The molecule has 28 heavy (non-hydrogen) atoms. The Morgan fingerprint density at radius 3 is 2.50 bits per heavy atom. The lowest BCUT2D eigenvalue weighted by Gasteiger charge is -2.38. The van der Waals surface area contributed by atoms with Crippen molar-refractivity contribution in [3.8, 4) is 23.0 Å². The van der Waals surface area contributed by atoms with Crippen LogP contribution in [0.4, 0.5) is 0 Å². The molecule has 0 aliphatic carbocycles. The van der Waals surface area contributed by atoms with Crippen molar-refractivity contribution in [2.45, 2.75) is 44.9 Å². The molecule has 0 unspecified atom stereocenters. The van der Waals surface area contributed by atoms with Gasteiger partial charge in [0.15, 0.2) is 6.10 Å². The van der Waals surface area contributed by atoms with Crippen LogP contribution in [0.25, 0.3) is 0 Å². The smallest absolute Gasteiger partial charge is 0.261 e. The molecule has 2 aromatic rings. The third kappa shape index (κ3) is 4.50. The van der Waals surface area contributed by atoms with E-state index in [1.807, 2.05) is 44.2 Å². The van der Waals surface area contributed by atoms with Gasteiger partial charge in [0.25, 0.3) is 5.91 Å². The predicted octanol–water partition coefficient (Wildman–Crippen LogP) is 3.89. The molecule has 0 saturated heterocycles. The van der Waals surface area contributed by atoms with Gasteiger partial charge in [-0.25, -0.2) is 0 Å². The summed E-state index contributed by atoms with van der Waals surface area (Å²) in [6.07, 6.45) is -0.0164. The number of methoxy groups -OCH3 is 2. The summed E-state index contributed by atoms with van der Waals surface area (Å²) in [5.41, 5.74) is 0.511. The molecule has 1 N–H and O–H groups in total. The van der Waals surface area contributed by atoms with Crippen molar-refractivity contribution in [1.29, 1.82) is 0 Å². The van der Waals surface area contributed by atoms with Gasteiger partial charge in [-0.3, -0.25) is 4.79 Å². The van der Waals surface area contributed by atoms with Gasteiger partial charge in [0.05, 0.1) is 20.3 Å². The lowest BCUT2D eigenvalue weighted by atomic mass is 9.89. The predicted molar refractivity (Wildman–Crippen MR) is 106 cm³/mol. The minimum atomic E-state index is -0.660. The molecule has 0 bridgehead atoms. The van der Waals surface area contributed by atoms with Crippen LogP contribution >= 0.6 is 0 Å². The number of benzene rings is 2. The third-order valence-corrected chi connectivity index (χ3v) is 4.71. The van der Waals surface area contributed by atoms with Crippen LogP contribution in [0.1, 0.15) is 38.8 Å². The fourth-order valence-electron chi connectivity index (χ4n) is 3.31. The highest BCUT2D eigenvalue weighted by Crippen LogP contribution is 2.41. The fourth-order valence-corrected chi connectivity index (χ4v) is 3.31. The highest BCUT2D eigenvalue weighted by atomic mass is 16.5. The second kappa shape index (κ2) is 8.00. The van der Waals surface area contributed by atoms with E-state index >= 15 is 0 Å². The summed E-state index contributed by atoms with van der Waals surface area (Å²) in [5.74, 6) is 2.54. The zero-order valence-corrected chi connectivity index (χ0v) is 16.9. The molecule has 1 amide bonds. The number of carbonyl (C=O) groups excluding carboxylic acids is 1. The van der Waals surface area contributed by atoms with E-state index in [0.29, 0.717) is 17.9 Å². The normalized spacial score (nSPS) is 18.2. The summed E-state index contributed by atoms with van der Waals surface area (Å²) in [6.45, 7) is 5.75. The molecule has 0 fully saturated rings. The molecule has 6 nitrogen and oxygen atoms in total. The molecule has 1 aliphatic heterocycles. The van der Waals surface area contributed by atoms with E-state index in [4.69, 9.17) is 18.9 Å². The molecular formula is C22H27NO5. The van der Waals surface area contributed by atoms with Crippen molar-refractivity contribution < 1.29 is 23.7 Å². The van der Waals surface area contributed by atoms with Gasteiger partial charge in [0.1, 0.15) is 28.6 Å². The number of hydrogen-bond acceptors (Lipinski definition) is 5. The van der Waals surface area contributed by atoms with Crippen LogP contribution in [0.3, 0.4) is 0 Å². The maximum absolute atomic E-state index is 12.8. The quantitative estimate of drug-likeness (QED) is 0.817. The average Bonchev–Trinajstić information content (AvgIpc) is 2.67. The van der Waals surface area contributed by atoms with Crippen LogP contribution in [-0.2, 0) is 4.79 Å². The minimum Gasteiger partial charge on any atom is -0.497 e. The molecule has 6 heteroatoms. The summed E-state index contributed by atoms with van der Waals surface area (Å²) < 4.78 is 22.4. The van der Waals surface area contributed by atoms with Crippen LogP contribution in [0.15, 0.2) is 42.5 Å². The van der Waals surface area contributed by atoms with Crippen LogP contribution in [0.2, 0.25) is 0 Å². The maximum atomic E-state index is 12.8. The molecule has 0 saturated carbocycles. The number of fused-ring (bicyclic) bond motifs is 1. The van der Waals surface area contributed by atoms with Crippen LogP contribution < -0.4 is 24.3 Å². The molecule has 2 aromatic carbocycles. The Morgan fingerprint density at radius 2 is 1.79 bits per heavy atom. The van der Waals surface area contributed by atoms with Gasteiger partial charge in [-0.1, -0.05) is 6.07 Å². The van der Waals surface area contributed by atoms with E-state index in [9.17, 15) is 4.79 Å². The largest absolute Gasteiger partial charge is 0.497 e. The van der Waals surface area contributed by atoms with Crippen molar-refractivity contribution >= 4 is 5.91 Å². The van der Waals surface area contributed by atoms with E-state index in [0.717, 1.165) is 17.1 Å². The summed E-state index contributed by atoms with van der Waals surface area (Å²) in [7, 11) is 3.21. The molecule has 2 atom stereocenters. The molecule has 0 radical (unpaired) electrons. The van der Waals surface area contributed by atoms with Crippen LogP contribution in [-0.4, -0.2) is 31.8 Å². The van der Waals surface area contributed by atoms with Crippen molar-refractivity contribution in [3.63, 3.8) is 0 Å². The second-order valence-electron chi connectivity index (χ2n) is 7.47. The first-order valence-corrected chi connectivity index (χ1v) is 9.29. The topological polar surface area (TPSA) is 66.0 Å². The number of nitrogens with one attached hydrogen (secondary N) is 1. The zero-order chi connectivity index (χ0) is 20.3. The van der Waals surface area contributed by atoms with Crippen LogP contribution in [0.5, 0.6) is 23.0 Å². The molecule has 150 valence electrons. The number of rotatable bonds is 6. The highest BCUT2D eigenvalue weighted by Gasteiger charge is 2.35. The van der Waals surface area contributed by atoms with E-state index in [1.54, 1.807) is 33.3 Å². The third-order valence-electron chi connectivity index (χ3n) is 4.71. The van der Waals surface area contributed by atoms with Gasteiger partial charge in [-0.2, -0.15) is 0 Å². The number of carbonyl (C=O) groups is 1.